The second kappa shape index (κ2) is 9.25. The van der Waals surface area contributed by atoms with E-state index in [4.69, 9.17) is 19.6 Å². The Morgan fingerprint density at radius 1 is 1.12 bits per heavy atom. The minimum absolute atomic E-state index is 0.130. The third-order valence-electron chi connectivity index (χ3n) is 6.32. The number of aryl methyl sites for hydroxylation is 1. The van der Waals surface area contributed by atoms with Gasteiger partial charge in [-0.1, -0.05) is 18.2 Å². The van der Waals surface area contributed by atoms with Crippen molar-refractivity contribution < 1.29 is 19.3 Å². The molecule has 1 fully saturated rings. The molecule has 0 bridgehead atoms. The maximum atomic E-state index is 9.99. The summed E-state index contributed by atoms with van der Waals surface area (Å²) in [6.07, 6.45) is 2.61. The van der Waals surface area contributed by atoms with Crippen molar-refractivity contribution in [2.24, 2.45) is 0 Å². The molecule has 1 aromatic heterocycles. The number of hydrogen-bond acceptors (Lipinski definition) is 7. The molecule has 3 aromatic rings. The zero-order valence-corrected chi connectivity index (χ0v) is 18.7. The minimum atomic E-state index is -0.234. The maximum absolute atomic E-state index is 9.99. The van der Waals surface area contributed by atoms with Gasteiger partial charge in [0.1, 0.15) is 29.1 Å². The van der Waals surface area contributed by atoms with E-state index in [1.165, 1.54) is 0 Å². The highest BCUT2D eigenvalue weighted by atomic mass is 16.5. The van der Waals surface area contributed by atoms with Gasteiger partial charge in [0.25, 0.3) is 0 Å². The number of nitrogens with one attached hydrogen (secondary N) is 1. The first-order valence-electron chi connectivity index (χ1n) is 11.2. The number of ether oxygens (including phenoxy) is 3. The molecule has 0 unspecified atom stereocenters. The van der Waals surface area contributed by atoms with Crippen molar-refractivity contribution in [3.05, 3.63) is 71.0 Å². The number of hydrogen-bond donors (Lipinski definition) is 2. The molecule has 172 valence electrons. The van der Waals surface area contributed by atoms with E-state index in [0.717, 1.165) is 61.7 Å². The van der Waals surface area contributed by atoms with Crippen LogP contribution in [-0.4, -0.2) is 59.5 Å². The van der Waals surface area contributed by atoms with E-state index >= 15 is 0 Å². The largest absolute Gasteiger partial charge is 0.508 e. The van der Waals surface area contributed by atoms with Crippen LogP contribution in [0.3, 0.4) is 0 Å². The molecule has 2 aliphatic rings. The fourth-order valence-corrected chi connectivity index (χ4v) is 4.56. The highest BCUT2D eigenvalue weighted by molar-refractivity contribution is 5.57. The summed E-state index contributed by atoms with van der Waals surface area (Å²) in [4.78, 5) is 6.96. The molecule has 1 saturated heterocycles. The molecule has 2 aromatic carbocycles. The van der Waals surface area contributed by atoms with Gasteiger partial charge in [0.15, 0.2) is 0 Å². The molecule has 8 heteroatoms. The number of aromatic nitrogens is 2. The van der Waals surface area contributed by atoms with Gasteiger partial charge in [-0.05, 0) is 30.2 Å². The molecule has 2 aliphatic heterocycles. The number of benzene rings is 2. The number of methoxy groups -OCH3 is 1. The summed E-state index contributed by atoms with van der Waals surface area (Å²) in [7, 11) is 1.64. The number of phenols is 1. The lowest BCUT2D eigenvalue weighted by Crippen LogP contribution is -2.37. The molecular formula is C25H28N4O4. The maximum Gasteiger partial charge on any atom is 0.228 e. The molecule has 33 heavy (non-hydrogen) atoms. The lowest BCUT2D eigenvalue weighted by atomic mass is 9.84. The van der Waals surface area contributed by atoms with E-state index < -0.39 is 0 Å². The highest BCUT2D eigenvalue weighted by Gasteiger charge is 2.32. The number of nitrogens with zero attached hydrogens (tertiary/aromatic N) is 3. The molecule has 0 amide bonds. The Labute approximate surface area is 192 Å². The van der Waals surface area contributed by atoms with Crippen molar-refractivity contribution in [3.63, 3.8) is 0 Å². The third-order valence-corrected chi connectivity index (χ3v) is 6.32. The van der Waals surface area contributed by atoms with Crippen LogP contribution in [0.2, 0.25) is 0 Å². The SMILES string of the molecule is COc1ccc([C@@H]2c3ccc(O)cc3Oc3ncn(CCCN4CCOCC4)c(=N)c32)cc1. The average Bonchev–Trinajstić information content (AvgIpc) is 2.85. The van der Waals surface area contributed by atoms with Gasteiger partial charge in [-0.15, -0.1) is 0 Å². The van der Waals surface area contributed by atoms with Gasteiger partial charge < -0.3 is 23.9 Å². The second-order valence-electron chi connectivity index (χ2n) is 8.34. The summed E-state index contributed by atoms with van der Waals surface area (Å²) in [6, 6.07) is 13.0. The third kappa shape index (κ3) is 4.31. The molecule has 0 aliphatic carbocycles. The Kier molecular flexibility index (Phi) is 6.02. The Hall–Kier alpha value is -3.36. The molecule has 3 heterocycles. The van der Waals surface area contributed by atoms with E-state index in [-0.39, 0.29) is 11.7 Å². The number of phenolic OH excluding ortho intramolecular Hbond substituents is 1. The Morgan fingerprint density at radius 2 is 1.91 bits per heavy atom. The summed E-state index contributed by atoms with van der Waals surface area (Å²) in [5, 5.41) is 19.0. The van der Waals surface area contributed by atoms with Crippen molar-refractivity contribution in [2.45, 2.75) is 18.9 Å². The van der Waals surface area contributed by atoms with Gasteiger partial charge in [-0.2, -0.15) is 0 Å². The van der Waals surface area contributed by atoms with Crippen LogP contribution < -0.4 is 15.0 Å². The Balaban J connectivity index is 1.49. The molecule has 1 atom stereocenters. The van der Waals surface area contributed by atoms with Crippen LogP contribution in [-0.2, 0) is 11.3 Å². The molecule has 0 saturated carbocycles. The lowest BCUT2D eigenvalue weighted by molar-refractivity contribution is 0.0369. The van der Waals surface area contributed by atoms with Crippen LogP contribution in [0, 0.1) is 5.41 Å². The highest BCUT2D eigenvalue weighted by Crippen LogP contribution is 2.46. The fraction of sp³-hybridized carbons (Fsp3) is 0.360. The second-order valence-corrected chi connectivity index (χ2v) is 8.34. The van der Waals surface area contributed by atoms with Crippen LogP contribution >= 0.6 is 0 Å². The topological polar surface area (TPSA) is 92.8 Å². The number of aromatic hydroxyl groups is 1. The van der Waals surface area contributed by atoms with E-state index in [0.29, 0.717) is 23.7 Å². The van der Waals surface area contributed by atoms with Crippen LogP contribution in [0.4, 0.5) is 0 Å². The Morgan fingerprint density at radius 3 is 2.67 bits per heavy atom. The van der Waals surface area contributed by atoms with Crippen LogP contribution in [0.15, 0.2) is 48.8 Å². The zero-order chi connectivity index (χ0) is 22.8. The van der Waals surface area contributed by atoms with Crippen molar-refractivity contribution in [2.75, 3.05) is 40.0 Å². The first-order chi connectivity index (χ1) is 16.1. The first kappa shape index (κ1) is 21.5. The summed E-state index contributed by atoms with van der Waals surface area (Å²) in [6.45, 7) is 5.15. The van der Waals surface area contributed by atoms with Crippen LogP contribution in [0.25, 0.3) is 0 Å². The molecule has 2 N–H and O–H groups in total. The minimum Gasteiger partial charge on any atom is -0.508 e. The van der Waals surface area contributed by atoms with Crippen molar-refractivity contribution in [3.8, 4) is 23.1 Å². The number of rotatable bonds is 6. The van der Waals surface area contributed by atoms with E-state index in [1.54, 1.807) is 25.6 Å². The number of morpholine rings is 1. The predicted octanol–water partition coefficient (Wildman–Crippen LogP) is 3.08. The first-order valence-corrected chi connectivity index (χ1v) is 11.2. The van der Waals surface area contributed by atoms with E-state index in [1.807, 2.05) is 34.9 Å². The zero-order valence-electron chi connectivity index (χ0n) is 18.7. The van der Waals surface area contributed by atoms with Gasteiger partial charge in [0.2, 0.25) is 5.88 Å². The molecular weight excluding hydrogens is 420 g/mol. The van der Waals surface area contributed by atoms with Crippen molar-refractivity contribution in [1.29, 1.82) is 5.41 Å². The van der Waals surface area contributed by atoms with Crippen molar-refractivity contribution >= 4 is 0 Å². The van der Waals surface area contributed by atoms with E-state index in [2.05, 4.69) is 9.88 Å². The van der Waals surface area contributed by atoms with Gasteiger partial charge in [0, 0.05) is 43.7 Å². The van der Waals surface area contributed by atoms with Gasteiger partial charge >= 0.3 is 0 Å². The van der Waals surface area contributed by atoms with Gasteiger partial charge in [0.05, 0.1) is 25.9 Å². The quantitative estimate of drug-likeness (QED) is 0.471. The predicted molar refractivity (Wildman–Crippen MR) is 122 cm³/mol. The van der Waals surface area contributed by atoms with Gasteiger partial charge in [-0.25, -0.2) is 4.98 Å². The average molecular weight is 449 g/mol. The summed E-state index contributed by atoms with van der Waals surface area (Å²) in [5.41, 5.74) is 3.02. The summed E-state index contributed by atoms with van der Waals surface area (Å²) >= 11 is 0. The molecule has 0 radical (unpaired) electrons. The van der Waals surface area contributed by atoms with Crippen LogP contribution in [0.5, 0.6) is 23.1 Å². The summed E-state index contributed by atoms with van der Waals surface area (Å²) < 4.78 is 18.7. The number of fused-ring (bicyclic) bond motifs is 2. The van der Waals surface area contributed by atoms with Crippen LogP contribution in [0.1, 0.15) is 29.0 Å². The van der Waals surface area contributed by atoms with E-state index in [9.17, 15) is 5.11 Å². The normalized spacial score (nSPS) is 17.7. The molecule has 8 nitrogen and oxygen atoms in total. The smallest absolute Gasteiger partial charge is 0.228 e. The fourth-order valence-electron chi connectivity index (χ4n) is 4.56. The summed E-state index contributed by atoms with van der Waals surface area (Å²) in [5.74, 6) is 1.63. The molecule has 0 spiro atoms. The molecule has 5 rings (SSSR count). The monoisotopic (exact) mass is 448 g/mol. The van der Waals surface area contributed by atoms with Gasteiger partial charge in [-0.3, -0.25) is 10.3 Å². The van der Waals surface area contributed by atoms with Crippen molar-refractivity contribution in [1.82, 2.24) is 14.5 Å². The Bertz CT molecular complexity index is 1190. The lowest BCUT2D eigenvalue weighted by Gasteiger charge is -2.29. The standard InChI is InChI=1S/C25H28N4O4/c1-31-19-6-3-17(4-7-19)22-20-8-5-18(30)15-21(20)33-25-23(22)24(26)29(16-27-25)10-2-9-28-11-13-32-14-12-28/h3-8,15-16,22,26,30H,2,9-14H2,1H3/t22-/m1/s1.